The standard InChI is InChI=1S/C36H28N4/c1-21-22(2)34(38-40-36-31-19-11-7-15-27(31)28-16-8-12-20-32(28)36)24(4)23(3)33(21)37-39-35-29-17-9-5-13-25(29)26-14-6-10-18-30(26)35/h5-20,37-38H,1,4H2,2-3H3. The number of anilines is 2. The molecule has 0 atom stereocenters. The van der Waals surface area contributed by atoms with Crippen LogP contribution in [0.2, 0.25) is 0 Å². The van der Waals surface area contributed by atoms with Crippen LogP contribution in [0.25, 0.3) is 35.4 Å². The third-order valence-corrected chi connectivity index (χ3v) is 8.13. The van der Waals surface area contributed by atoms with E-state index in [1.165, 1.54) is 22.3 Å². The van der Waals surface area contributed by atoms with Gasteiger partial charge in [0.25, 0.3) is 0 Å². The first-order chi connectivity index (χ1) is 19.5. The average Bonchev–Trinajstić information content (AvgIpc) is 3.49. The number of hydrogen-bond acceptors (Lipinski definition) is 4. The molecule has 0 saturated heterocycles. The maximum atomic E-state index is 4.92. The molecule has 2 aliphatic rings. The van der Waals surface area contributed by atoms with Gasteiger partial charge in [-0.15, -0.1) is 0 Å². The topological polar surface area (TPSA) is 48.8 Å². The van der Waals surface area contributed by atoms with Gasteiger partial charge in [0.1, 0.15) is 0 Å². The molecule has 0 unspecified atom stereocenters. The fourth-order valence-electron chi connectivity index (χ4n) is 5.88. The summed E-state index contributed by atoms with van der Waals surface area (Å²) < 4.78 is 0. The summed E-state index contributed by atoms with van der Waals surface area (Å²) in [5, 5.41) is 11.6. The van der Waals surface area contributed by atoms with Gasteiger partial charge in [0.05, 0.1) is 22.8 Å². The molecule has 192 valence electrons. The second kappa shape index (κ2) is 9.21. The van der Waals surface area contributed by atoms with Crippen LogP contribution >= 0.6 is 0 Å². The van der Waals surface area contributed by atoms with E-state index in [4.69, 9.17) is 10.2 Å². The van der Waals surface area contributed by atoms with Gasteiger partial charge < -0.3 is 0 Å². The molecule has 5 aromatic carbocycles. The summed E-state index contributed by atoms with van der Waals surface area (Å²) in [5.74, 6) is 0. The van der Waals surface area contributed by atoms with Crippen molar-refractivity contribution in [3.8, 4) is 22.3 Å². The van der Waals surface area contributed by atoms with Crippen LogP contribution in [-0.2, 0) is 0 Å². The second-order valence-corrected chi connectivity index (χ2v) is 10.3. The molecule has 0 radical (unpaired) electrons. The normalized spacial score (nSPS) is 12.3. The first-order valence-electron chi connectivity index (χ1n) is 13.4. The number of benzene rings is 5. The highest BCUT2D eigenvalue weighted by Gasteiger charge is 2.25. The van der Waals surface area contributed by atoms with Crippen molar-refractivity contribution in [1.82, 2.24) is 0 Å². The molecule has 0 fully saturated rings. The second-order valence-electron chi connectivity index (χ2n) is 10.3. The van der Waals surface area contributed by atoms with Crippen molar-refractivity contribution in [1.29, 1.82) is 0 Å². The van der Waals surface area contributed by atoms with Crippen molar-refractivity contribution in [2.45, 2.75) is 13.8 Å². The van der Waals surface area contributed by atoms with E-state index < -0.39 is 0 Å². The van der Waals surface area contributed by atoms with E-state index in [0.29, 0.717) is 0 Å². The Hall–Kier alpha value is -5.22. The molecule has 7 rings (SSSR count). The highest BCUT2D eigenvalue weighted by molar-refractivity contribution is 6.25. The number of nitrogens with zero attached hydrogens (tertiary/aromatic N) is 2. The van der Waals surface area contributed by atoms with Crippen molar-refractivity contribution in [3.63, 3.8) is 0 Å². The van der Waals surface area contributed by atoms with E-state index in [2.05, 4.69) is 121 Å². The summed E-state index contributed by atoms with van der Waals surface area (Å²) in [7, 11) is 0. The maximum absolute atomic E-state index is 4.92. The van der Waals surface area contributed by atoms with Crippen LogP contribution in [0.15, 0.2) is 107 Å². The zero-order valence-corrected chi connectivity index (χ0v) is 22.5. The monoisotopic (exact) mass is 516 g/mol. The van der Waals surface area contributed by atoms with Crippen molar-refractivity contribution < 1.29 is 0 Å². The molecular formula is C36H28N4. The molecule has 0 heterocycles. The SMILES string of the molecule is C=c1c(C)c(NN=C2c3ccccc3-c3ccccc32)c(=C)c(C)c1NN=C1c2ccccc2-c2ccccc21. The summed E-state index contributed by atoms with van der Waals surface area (Å²) in [6.45, 7) is 12.9. The van der Waals surface area contributed by atoms with Gasteiger partial charge in [-0.25, -0.2) is 0 Å². The largest absolute Gasteiger partial charge is 0.277 e. The molecule has 0 spiro atoms. The van der Waals surface area contributed by atoms with Crippen LogP contribution in [0.3, 0.4) is 0 Å². The van der Waals surface area contributed by atoms with E-state index in [1.807, 2.05) is 13.8 Å². The van der Waals surface area contributed by atoms with Crippen molar-refractivity contribution >= 4 is 36.0 Å². The van der Waals surface area contributed by atoms with Crippen LogP contribution in [0.5, 0.6) is 0 Å². The van der Waals surface area contributed by atoms with Gasteiger partial charge in [-0.05, 0) is 57.7 Å². The van der Waals surface area contributed by atoms with E-state index in [-0.39, 0.29) is 0 Å². The highest BCUT2D eigenvalue weighted by atomic mass is 15.3. The van der Waals surface area contributed by atoms with Gasteiger partial charge in [0.2, 0.25) is 0 Å². The minimum absolute atomic E-state index is 0.865. The Labute approximate surface area is 233 Å². The summed E-state index contributed by atoms with van der Waals surface area (Å²) in [6.07, 6.45) is 0. The molecule has 2 aliphatic carbocycles. The third-order valence-electron chi connectivity index (χ3n) is 8.13. The molecule has 4 heteroatoms. The van der Waals surface area contributed by atoms with Gasteiger partial charge in [-0.2, -0.15) is 10.2 Å². The Balaban J connectivity index is 1.26. The lowest BCUT2D eigenvalue weighted by Crippen LogP contribution is -2.24. The van der Waals surface area contributed by atoms with Crippen LogP contribution in [0, 0.1) is 13.8 Å². The molecule has 0 aromatic heterocycles. The van der Waals surface area contributed by atoms with E-state index in [1.54, 1.807) is 0 Å². The van der Waals surface area contributed by atoms with Gasteiger partial charge in [-0.1, -0.05) is 110 Å². The summed E-state index contributed by atoms with van der Waals surface area (Å²) >= 11 is 0. The maximum Gasteiger partial charge on any atom is 0.0990 e. The van der Waals surface area contributed by atoms with Gasteiger partial charge >= 0.3 is 0 Å². The number of nitrogens with one attached hydrogen (secondary N) is 2. The van der Waals surface area contributed by atoms with Gasteiger partial charge in [0.15, 0.2) is 0 Å². The molecule has 0 saturated carbocycles. The first-order valence-corrected chi connectivity index (χ1v) is 13.4. The minimum atomic E-state index is 0.865. The number of hydrazone groups is 2. The van der Waals surface area contributed by atoms with Crippen molar-refractivity contribution in [2.24, 2.45) is 10.2 Å². The number of hydrogen-bond donors (Lipinski definition) is 2. The molecule has 0 amide bonds. The molecule has 0 aliphatic heterocycles. The van der Waals surface area contributed by atoms with Crippen LogP contribution < -0.4 is 21.3 Å². The zero-order chi connectivity index (χ0) is 27.4. The van der Waals surface area contributed by atoms with Crippen LogP contribution in [-0.4, -0.2) is 11.4 Å². The summed E-state index contributed by atoms with van der Waals surface area (Å²) in [4.78, 5) is 0. The highest BCUT2D eigenvalue weighted by Crippen LogP contribution is 2.37. The summed E-state index contributed by atoms with van der Waals surface area (Å²) in [6, 6.07) is 33.6. The smallest absolute Gasteiger partial charge is 0.0990 e. The van der Waals surface area contributed by atoms with Gasteiger partial charge in [-0.3, -0.25) is 10.9 Å². The predicted molar refractivity (Wildman–Crippen MR) is 168 cm³/mol. The quantitative estimate of drug-likeness (QED) is 0.252. The van der Waals surface area contributed by atoms with Crippen LogP contribution in [0.4, 0.5) is 11.4 Å². The third kappa shape index (κ3) is 3.53. The fraction of sp³-hybridized carbons (Fsp3) is 0.0556. The molecule has 40 heavy (non-hydrogen) atoms. The molecule has 0 bridgehead atoms. The minimum Gasteiger partial charge on any atom is -0.277 e. The van der Waals surface area contributed by atoms with Crippen molar-refractivity contribution in [2.75, 3.05) is 10.9 Å². The lowest BCUT2D eigenvalue weighted by molar-refractivity contribution is 1.21. The number of rotatable bonds is 4. The van der Waals surface area contributed by atoms with E-state index in [9.17, 15) is 0 Å². The van der Waals surface area contributed by atoms with E-state index in [0.717, 1.165) is 66.6 Å². The Bertz CT molecular complexity index is 1770. The zero-order valence-electron chi connectivity index (χ0n) is 22.5. The van der Waals surface area contributed by atoms with Gasteiger partial charge in [0, 0.05) is 22.3 Å². The predicted octanol–water partition coefficient (Wildman–Crippen LogP) is 6.81. The Morgan fingerprint density at radius 1 is 0.425 bits per heavy atom. The number of fused-ring (bicyclic) bond motifs is 6. The Morgan fingerprint density at radius 3 is 0.950 bits per heavy atom. The molecule has 4 nitrogen and oxygen atoms in total. The Morgan fingerprint density at radius 2 is 0.675 bits per heavy atom. The molecule has 5 aromatic rings. The summed E-state index contributed by atoms with van der Waals surface area (Å²) in [5.41, 5.74) is 21.6. The lowest BCUT2D eigenvalue weighted by atomic mass is 10.0. The lowest BCUT2D eigenvalue weighted by Gasteiger charge is -2.15. The van der Waals surface area contributed by atoms with E-state index >= 15 is 0 Å². The van der Waals surface area contributed by atoms with Crippen LogP contribution in [0.1, 0.15) is 33.4 Å². The Kier molecular flexibility index (Phi) is 5.49. The molecule has 2 N–H and O–H groups in total. The first kappa shape index (κ1) is 23.9. The molecular weight excluding hydrogens is 488 g/mol. The fourth-order valence-corrected chi connectivity index (χ4v) is 5.88. The average molecular weight is 517 g/mol. The van der Waals surface area contributed by atoms with Crippen molar-refractivity contribution in [3.05, 3.63) is 141 Å².